The first-order valence-corrected chi connectivity index (χ1v) is 13.6. The van der Waals surface area contributed by atoms with Gasteiger partial charge in [-0.3, -0.25) is 4.79 Å². The van der Waals surface area contributed by atoms with E-state index >= 15 is 0 Å². The molecule has 0 saturated carbocycles. The molecule has 206 valence electrons. The molecule has 0 bridgehead atoms. The molecule has 2 N–H and O–H groups in total. The van der Waals surface area contributed by atoms with Crippen molar-refractivity contribution in [3.8, 4) is 17.2 Å². The van der Waals surface area contributed by atoms with E-state index in [0.717, 1.165) is 48.3 Å². The van der Waals surface area contributed by atoms with Gasteiger partial charge in [-0.1, -0.05) is 19.9 Å². The number of benzene rings is 2. The maximum absolute atomic E-state index is 13.0. The number of fused-ring (bicyclic) bond motifs is 1. The van der Waals surface area contributed by atoms with Crippen LogP contribution in [0.4, 0.5) is 0 Å². The Morgan fingerprint density at radius 1 is 0.974 bits per heavy atom. The number of nitrogens with one attached hydrogen (secondary N) is 2. The van der Waals surface area contributed by atoms with E-state index in [9.17, 15) is 4.79 Å². The van der Waals surface area contributed by atoms with Gasteiger partial charge in [-0.05, 0) is 80.6 Å². The first-order chi connectivity index (χ1) is 18.4. The summed E-state index contributed by atoms with van der Waals surface area (Å²) in [5.41, 5.74) is 2.45. The Balaban J connectivity index is 1.75. The number of aromatic amines is 1. The van der Waals surface area contributed by atoms with Gasteiger partial charge in [0, 0.05) is 36.1 Å². The second-order valence-electron chi connectivity index (χ2n) is 8.93. The summed E-state index contributed by atoms with van der Waals surface area (Å²) in [4.78, 5) is 20.4. The molecule has 0 aliphatic carbocycles. The summed E-state index contributed by atoms with van der Waals surface area (Å²) in [7, 11) is 3.26. The lowest BCUT2D eigenvalue weighted by atomic mass is 10.1. The van der Waals surface area contributed by atoms with Crippen LogP contribution < -0.4 is 25.1 Å². The second kappa shape index (κ2) is 14.6. The summed E-state index contributed by atoms with van der Waals surface area (Å²) in [6, 6.07) is 13.6. The Bertz CT molecular complexity index is 1260. The molecule has 2 aromatic carbocycles. The molecule has 8 nitrogen and oxygen atoms in total. The van der Waals surface area contributed by atoms with Crippen molar-refractivity contribution >= 4 is 28.2 Å². The second-order valence-corrected chi connectivity index (χ2v) is 9.31. The standard InChI is InChI=1S/C29H40N4O4S/c1-6-32(7-2)15-16-33(29(38)30-14-13-21-9-12-26(35-4)27(17-21)36-5)20-23-18-22-19-24(37-8-3)10-11-25(22)31-28(23)34/h9-12,17-19H,6-8,13-16,20H2,1-5H3,(H,30,38)(H,31,34). The minimum absolute atomic E-state index is 0.109. The monoisotopic (exact) mass is 540 g/mol. The highest BCUT2D eigenvalue weighted by atomic mass is 32.1. The summed E-state index contributed by atoms with van der Waals surface area (Å²) >= 11 is 5.82. The van der Waals surface area contributed by atoms with Crippen molar-refractivity contribution in [2.24, 2.45) is 0 Å². The maximum atomic E-state index is 13.0. The van der Waals surface area contributed by atoms with Gasteiger partial charge in [-0.25, -0.2) is 0 Å². The number of ether oxygens (including phenoxy) is 3. The van der Waals surface area contributed by atoms with Gasteiger partial charge in [0.05, 0.1) is 27.4 Å². The fraction of sp³-hybridized carbons (Fsp3) is 0.448. The quantitative estimate of drug-likeness (QED) is 0.295. The third kappa shape index (κ3) is 7.85. The fourth-order valence-electron chi connectivity index (χ4n) is 4.33. The molecule has 1 heterocycles. The highest BCUT2D eigenvalue weighted by Gasteiger charge is 2.15. The third-order valence-electron chi connectivity index (χ3n) is 6.57. The summed E-state index contributed by atoms with van der Waals surface area (Å²) in [6.07, 6.45) is 0.765. The van der Waals surface area contributed by atoms with E-state index in [4.69, 9.17) is 26.4 Å². The van der Waals surface area contributed by atoms with Crippen molar-refractivity contribution in [3.63, 3.8) is 0 Å². The number of hydrogen-bond donors (Lipinski definition) is 2. The predicted molar refractivity (Wildman–Crippen MR) is 158 cm³/mol. The van der Waals surface area contributed by atoms with Gasteiger partial charge in [0.25, 0.3) is 5.56 Å². The number of nitrogens with zero attached hydrogens (tertiary/aromatic N) is 2. The maximum Gasteiger partial charge on any atom is 0.253 e. The number of aromatic nitrogens is 1. The highest BCUT2D eigenvalue weighted by Crippen LogP contribution is 2.27. The highest BCUT2D eigenvalue weighted by molar-refractivity contribution is 7.80. The molecule has 0 atom stereocenters. The molecule has 9 heteroatoms. The Labute approximate surface area is 230 Å². The van der Waals surface area contributed by atoms with Crippen LogP contribution in [-0.2, 0) is 13.0 Å². The fourth-order valence-corrected chi connectivity index (χ4v) is 4.58. The Hall–Kier alpha value is -3.30. The number of likely N-dealkylation sites (N-methyl/N-ethyl adjacent to an activating group) is 1. The van der Waals surface area contributed by atoms with E-state index in [1.165, 1.54) is 0 Å². The van der Waals surface area contributed by atoms with Gasteiger partial charge in [0.2, 0.25) is 0 Å². The van der Waals surface area contributed by atoms with Crippen LogP contribution in [0.3, 0.4) is 0 Å². The minimum atomic E-state index is -0.109. The van der Waals surface area contributed by atoms with Crippen LogP contribution in [0.1, 0.15) is 31.9 Å². The molecule has 0 amide bonds. The minimum Gasteiger partial charge on any atom is -0.494 e. The predicted octanol–water partition coefficient (Wildman–Crippen LogP) is 4.21. The van der Waals surface area contributed by atoms with E-state index in [1.807, 2.05) is 49.4 Å². The summed E-state index contributed by atoms with van der Waals surface area (Å²) in [5.74, 6) is 2.19. The molecule has 0 spiro atoms. The van der Waals surface area contributed by atoms with Crippen LogP contribution in [0.5, 0.6) is 17.2 Å². The number of rotatable bonds is 14. The summed E-state index contributed by atoms with van der Waals surface area (Å²) in [5, 5.41) is 4.95. The molecular formula is C29H40N4O4S. The zero-order valence-electron chi connectivity index (χ0n) is 23.1. The first kappa shape index (κ1) is 29.3. The topological polar surface area (TPSA) is 79.1 Å². The van der Waals surface area contributed by atoms with Gasteiger partial charge in [0.15, 0.2) is 16.6 Å². The van der Waals surface area contributed by atoms with Gasteiger partial charge < -0.3 is 34.3 Å². The zero-order valence-corrected chi connectivity index (χ0v) is 24.0. The number of methoxy groups -OCH3 is 2. The molecule has 1 aromatic heterocycles. The van der Waals surface area contributed by atoms with Crippen LogP contribution >= 0.6 is 12.2 Å². The van der Waals surface area contributed by atoms with Crippen molar-refractivity contribution in [3.05, 3.63) is 63.9 Å². The Kier molecular flexibility index (Phi) is 11.2. The van der Waals surface area contributed by atoms with E-state index in [2.05, 4.69) is 33.9 Å². The van der Waals surface area contributed by atoms with Crippen molar-refractivity contribution < 1.29 is 14.2 Å². The molecular weight excluding hydrogens is 500 g/mol. The van der Waals surface area contributed by atoms with Crippen LogP contribution in [0.25, 0.3) is 10.9 Å². The van der Waals surface area contributed by atoms with Crippen LogP contribution in [-0.4, -0.2) is 73.4 Å². The lowest BCUT2D eigenvalue weighted by molar-refractivity contribution is 0.263. The SMILES string of the molecule is CCOc1ccc2[nH]c(=O)c(CN(CCN(CC)CC)C(=S)NCCc3ccc(OC)c(OC)c3)cc2c1. The van der Waals surface area contributed by atoms with Crippen LogP contribution in [0.15, 0.2) is 47.3 Å². The largest absolute Gasteiger partial charge is 0.494 e. The molecule has 0 aliphatic rings. The number of hydrogen-bond acceptors (Lipinski definition) is 6. The van der Waals surface area contributed by atoms with E-state index in [-0.39, 0.29) is 5.56 Å². The molecule has 3 aromatic rings. The Morgan fingerprint density at radius 2 is 1.74 bits per heavy atom. The summed E-state index contributed by atoms with van der Waals surface area (Å²) < 4.78 is 16.4. The average molecular weight is 541 g/mol. The molecule has 0 fully saturated rings. The van der Waals surface area contributed by atoms with Gasteiger partial charge in [-0.15, -0.1) is 0 Å². The molecule has 0 unspecified atom stereocenters. The zero-order chi connectivity index (χ0) is 27.5. The van der Waals surface area contributed by atoms with Gasteiger partial charge in [-0.2, -0.15) is 0 Å². The molecule has 0 saturated heterocycles. The molecule has 0 aliphatic heterocycles. The van der Waals surface area contributed by atoms with Gasteiger partial charge >= 0.3 is 0 Å². The van der Waals surface area contributed by atoms with Crippen molar-refractivity contribution in [1.82, 2.24) is 20.1 Å². The third-order valence-corrected chi connectivity index (χ3v) is 6.97. The lowest BCUT2D eigenvalue weighted by Gasteiger charge is -2.29. The number of H-pyrrole nitrogens is 1. The van der Waals surface area contributed by atoms with Crippen LogP contribution in [0, 0.1) is 0 Å². The van der Waals surface area contributed by atoms with E-state index in [0.29, 0.717) is 48.4 Å². The van der Waals surface area contributed by atoms with Gasteiger partial charge in [0.1, 0.15) is 5.75 Å². The van der Waals surface area contributed by atoms with Crippen molar-refractivity contribution in [2.45, 2.75) is 33.7 Å². The molecule has 3 rings (SSSR count). The van der Waals surface area contributed by atoms with Crippen molar-refractivity contribution in [2.75, 3.05) is 53.6 Å². The number of pyridine rings is 1. The van der Waals surface area contributed by atoms with Crippen LogP contribution in [0.2, 0.25) is 0 Å². The average Bonchev–Trinajstić information content (AvgIpc) is 2.93. The first-order valence-electron chi connectivity index (χ1n) is 13.2. The molecule has 0 radical (unpaired) electrons. The molecule has 38 heavy (non-hydrogen) atoms. The lowest BCUT2D eigenvalue weighted by Crippen LogP contribution is -2.44. The Morgan fingerprint density at radius 3 is 2.42 bits per heavy atom. The van der Waals surface area contributed by atoms with E-state index in [1.54, 1.807) is 14.2 Å². The van der Waals surface area contributed by atoms with Crippen molar-refractivity contribution in [1.29, 1.82) is 0 Å². The summed E-state index contributed by atoms with van der Waals surface area (Å²) in [6.45, 7) is 11.4. The van der Waals surface area contributed by atoms with E-state index < -0.39 is 0 Å². The number of thiocarbonyl (C=S) groups is 1. The smallest absolute Gasteiger partial charge is 0.253 e. The normalized spacial score (nSPS) is 11.0.